The van der Waals surface area contributed by atoms with Gasteiger partial charge in [-0.1, -0.05) is 17.4 Å². The fourth-order valence-electron chi connectivity index (χ4n) is 2.91. The van der Waals surface area contributed by atoms with Crippen molar-refractivity contribution >= 4 is 28.2 Å². The van der Waals surface area contributed by atoms with Gasteiger partial charge in [0.2, 0.25) is 5.13 Å². The molecule has 0 saturated heterocycles. The summed E-state index contributed by atoms with van der Waals surface area (Å²) in [7, 11) is 0. The number of pyridine rings is 1. The molecule has 3 aromatic rings. The van der Waals surface area contributed by atoms with Crippen molar-refractivity contribution in [2.45, 2.75) is 18.9 Å². The number of amides is 1. The molecule has 2 N–H and O–H groups in total. The van der Waals surface area contributed by atoms with Crippen molar-refractivity contribution in [1.29, 1.82) is 0 Å². The van der Waals surface area contributed by atoms with Gasteiger partial charge in [-0.05, 0) is 48.2 Å². The van der Waals surface area contributed by atoms with Gasteiger partial charge >= 0.3 is 0 Å². The highest BCUT2D eigenvalue weighted by atomic mass is 32.1. The lowest BCUT2D eigenvalue weighted by Gasteiger charge is -2.15. The predicted molar refractivity (Wildman–Crippen MR) is 93.2 cm³/mol. The minimum Gasteiger partial charge on any atom is -0.363 e. The number of aryl methyl sites for hydroxylation is 1. The zero-order chi connectivity index (χ0) is 17.2. The van der Waals surface area contributed by atoms with Crippen LogP contribution in [0, 0.1) is 5.82 Å². The highest BCUT2D eigenvalue weighted by Crippen LogP contribution is 2.33. The molecule has 0 saturated carbocycles. The Morgan fingerprint density at radius 1 is 1.28 bits per heavy atom. The summed E-state index contributed by atoms with van der Waals surface area (Å²) >= 11 is 1.25. The SMILES string of the molecule is O=C(Nc1nncs1)c1ccc(NC2CCc3ccc(F)cc32)nc1. The number of halogens is 1. The number of aromatic nitrogens is 3. The Bertz CT molecular complexity index is 898. The van der Waals surface area contributed by atoms with Crippen molar-refractivity contribution in [1.82, 2.24) is 15.2 Å². The van der Waals surface area contributed by atoms with Gasteiger partial charge in [-0.25, -0.2) is 9.37 Å². The first-order chi connectivity index (χ1) is 12.2. The molecule has 126 valence electrons. The molecule has 1 unspecified atom stereocenters. The Kier molecular flexibility index (Phi) is 4.10. The number of nitrogens with zero attached hydrogens (tertiary/aromatic N) is 3. The van der Waals surface area contributed by atoms with E-state index < -0.39 is 0 Å². The lowest BCUT2D eigenvalue weighted by Crippen LogP contribution is -2.13. The molecule has 1 aliphatic carbocycles. The van der Waals surface area contributed by atoms with Gasteiger partial charge in [0.1, 0.15) is 17.1 Å². The van der Waals surface area contributed by atoms with Gasteiger partial charge in [0.15, 0.2) is 0 Å². The molecule has 8 heteroatoms. The van der Waals surface area contributed by atoms with Crippen molar-refractivity contribution in [2.24, 2.45) is 0 Å². The van der Waals surface area contributed by atoms with E-state index in [1.807, 2.05) is 6.07 Å². The first-order valence-electron chi connectivity index (χ1n) is 7.77. The second-order valence-corrected chi connectivity index (χ2v) is 6.54. The van der Waals surface area contributed by atoms with E-state index in [1.165, 1.54) is 23.6 Å². The highest BCUT2D eigenvalue weighted by Gasteiger charge is 2.23. The number of hydrogen-bond donors (Lipinski definition) is 2. The van der Waals surface area contributed by atoms with Crippen molar-refractivity contribution in [3.8, 4) is 0 Å². The molecule has 6 nitrogen and oxygen atoms in total. The molecule has 0 aliphatic heterocycles. The number of nitrogens with one attached hydrogen (secondary N) is 2. The van der Waals surface area contributed by atoms with E-state index in [1.54, 1.807) is 23.7 Å². The Balaban J connectivity index is 1.45. The van der Waals surface area contributed by atoms with Gasteiger partial charge in [0.25, 0.3) is 5.91 Å². The van der Waals surface area contributed by atoms with Gasteiger partial charge in [0.05, 0.1) is 11.6 Å². The van der Waals surface area contributed by atoms with Crippen LogP contribution >= 0.6 is 11.3 Å². The molecule has 4 rings (SSSR count). The van der Waals surface area contributed by atoms with Gasteiger partial charge in [-0.15, -0.1) is 10.2 Å². The number of carbonyl (C=O) groups excluding carboxylic acids is 1. The van der Waals surface area contributed by atoms with E-state index in [0.717, 1.165) is 24.0 Å². The number of hydrogen-bond acceptors (Lipinski definition) is 6. The third-order valence-electron chi connectivity index (χ3n) is 4.11. The maximum atomic E-state index is 13.5. The molecule has 0 spiro atoms. The number of rotatable bonds is 4. The Labute approximate surface area is 147 Å². The molecule has 25 heavy (non-hydrogen) atoms. The van der Waals surface area contributed by atoms with Crippen LogP contribution in [0.5, 0.6) is 0 Å². The first kappa shape index (κ1) is 15.6. The van der Waals surface area contributed by atoms with Crippen LogP contribution in [0.4, 0.5) is 15.3 Å². The van der Waals surface area contributed by atoms with Crippen LogP contribution in [0.15, 0.2) is 42.0 Å². The standard InChI is InChI=1S/C17H14FN5OS/c18-12-4-1-10-2-5-14(13(10)7-12)21-15-6-3-11(8-19-15)16(24)22-17-23-20-9-25-17/h1,3-4,6-9,14H,2,5H2,(H,19,21)(H,22,23,24). The summed E-state index contributed by atoms with van der Waals surface area (Å²) in [5.74, 6) is 0.128. The lowest BCUT2D eigenvalue weighted by atomic mass is 10.1. The summed E-state index contributed by atoms with van der Waals surface area (Å²) in [4.78, 5) is 16.4. The smallest absolute Gasteiger partial charge is 0.259 e. The third-order valence-corrected chi connectivity index (χ3v) is 4.72. The van der Waals surface area contributed by atoms with Gasteiger partial charge < -0.3 is 5.32 Å². The van der Waals surface area contributed by atoms with E-state index in [2.05, 4.69) is 25.8 Å². The van der Waals surface area contributed by atoms with E-state index in [9.17, 15) is 9.18 Å². The van der Waals surface area contributed by atoms with Crippen LogP contribution in [0.25, 0.3) is 0 Å². The molecule has 0 bridgehead atoms. The Morgan fingerprint density at radius 3 is 2.96 bits per heavy atom. The number of fused-ring (bicyclic) bond motifs is 1. The van der Waals surface area contributed by atoms with Crippen molar-refractivity contribution in [2.75, 3.05) is 10.6 Å². The predicted octanol–water partition coefficient (Wildman–Crippen LogP) is 3.42. The fourth-order valence-corrected chi connectivity index (χ4v) is 3.35. The monoisotopic (exact) mass is 355 g/mol. The van der Waals surface area contributed by atoms with E-state index in [4.69, 9.17) is 0 Å². The molecule has 2 aromatic heterocycles. The summed E-state index contributed by atoms with van der Waals surface area (Å²) < 4.78 is 13.5. The van der Waals surface area contributed by atoms with Crippen LogP contribution < -0.4 is 10.6 Å². The molecular formula is C17H14FN5OS. The second-order valence-electron chi connectivity index (χ2n) is 5.71. The van der Waals surface area contributed by atoms with Crippen molar-refractivity contribution < 1.29 is 9.18 Å². The molecule has 1 amide bonds. The largest absolute Gasteiger partial charge is 0.363 e. The average Bonchev–Trinajstić information content (AvgIpc) is 3.26. The molecule has 0 fully saturated rings. The minimum atomic E-state index is -0.288. The molecule has 2 heterocycles. The summed E-state index contributed by atoms with van der Waals surface area (Å²) in [5.41, 5.74) is 4.11. The molecule has 1 aliphatic rings. The minimum absolute atomic E-state index is 0.0271. The molecule has 0 radical (unpaired) electrons. The number of carbonyl (C=O) groups is 1. The first-order valence-corrected chi connectivity index (χ1v) is 8.65. The maximum absolute atomic E-state index is 13.5. The van der Waals surface area contributed by atoms with E-state index >= 15 is 0 Å². The Hall–Kier alpha value is -2.87. The number of benzene rings is 1. The van der Waals surface area contributed by atoms with Crippen molar-refractivity contribution in [3.63, 3.8) is 0 Å². The quantitative estimate of drug-likeness (QED) is 0.750. The molecule has 1 aromatic carbocycles. The normalized spacial score (nSPS) is 15.6. The topological polar surface area (TPSA) is 79.8 Å². The third kappa shape index (κ3) is 3.34. The lowest BCUT2D eigenvalue weighted by molar-refractivity contribution is 0.102. The van der Waals surface area contributed by atoms with Crippen LogP contribution in [0.2, 0.25) is 0 Å². The zero-order valence-corrected chi connectivity index (χ0v) is 13.9. The summed E-state index contributed by atoms with van der Waals surface area (Å²) in [5, 5.41) is 13.8. The van der Waals surface area contributed by atoms with Gasteiger partial charge in [-0.3, -0.25) is 10.1 Å². The fraction of sp³-hybridized carbons (Fsp3) is 0.176. The second kappa shape index (κ2) is 6.56. The van der Waals surface area contributed by atoms with Crippen LogP contribution in [0.3, 0.4) is 0 Å². The summed E-state index contributed by atoms with van der Waals surface area (Å²) in [6, 6.07) is 8.36. The van der Waals surface area contributed by atoms with Crippen LogP contribution in [-0.2, 0) is 6.42 Å². The van der Waals surface area contributed by atoms with Crippen LogP contribution in [-0.4, -0.2) is 21.1 Å². The van der Waals surface area contributed by atoms with Gasteiger partial charge in [0, 0.05) is 6.20 Å². The molecular weight excluding hydrogens is 341 g/mol. The van der Waals surface area contributed by atoms with E-state index in [0.29, 0.717) is 16.5 Å². The highest BCUT2D eigenvalue weighted by molar-refractivity contribution is 7.13. The summed E-state index contributed by atoms with van der Waals surface area (Å²) in [6.45, 7) is 0. The average molecular weight is 355 g/mol. The van der Waals surface area contributed by atoms with Crippen LogP contribution in [0.1, 0.15) is 33.9 Å². The maximum Gasteiger partial charge on any atom is 0.259 e. The zero-order valence-electron chi connectivity index (χ0n) is 13.1. The van der Waals surface area contributed by atoms with E-state index in [-0.39, 0.29) is 17.8 Å². The Morgan fingerprint density at radius 2 is 2.20 bits per heavy atom. The summed E-state index contributed by atoms with van der Waals surface area (Å²) in [6.07, 6.45) is 3.30. The van der Waals surface area contributed by atoms with Gasteiger partial charge in [-0.2, -0.15) is 0 Å². The number of anilines is 2. The van der Waals surface area contributed by atoms with Crippen molar-refractivity contribution in [3.05, 3.63) is 64.5 Å². The molecule has 1 atom stereocenters.